The molecular formula is C13H23N5S. The van der Waals surface area contributed by atoms with Crippen molar-refractivity contribution >= 4 is 17.7 Å². The molecule has 6 heteroatoms. The second-order valence-electron chi connectivity index (χ2n) is 6.06. The smallest absolute Gasteiger partial charge is 0.244 e. The molecule has 2 fully saturated rings. The van der Waals surface area contributed by atoms with E-state index < -0.39 is 0 Å². The van der Waals surface area contributed by atoms with Gasteiger partial charge in [0.25, 0.3) is 0 Å². The quantitative estimate of drug-likeness (QED) is 0.886. The van der Waals surface area contributed by atoms with E-state index >= 15 is 0 Å². The molecule has 0 amide bonds. The van der Waals surface area contributed by atoms with Crippen molar-refractivity contribution in [2.24, 2.45) is 11.1 Å². The number of nitrogens with zero attached hydrogens (tertiary/aromatic N) is 3. The van der Waals surface area contributed by atoms with Crippen LogP contribution < -0.4 is 10.6 Å². The van der Waals surface area contributed by atoms with Crippen LogP contribution in [0.3, 0.4) is 0 Å². The minimum absolute atomic E-state index is 0.209. The van der Waals surface area contributed by atoms with Crippen LogP contribution in [0.15, 0.2) is 0 Å². The summed E-state index contributed by atoms with van der Waals surface area (Å²) < 4.78 is 0. The number of piperidine rings is 1. The molecule has 19 heavy (non-hydrogen) atoms. The molecule has 0 aliphatic carbocycles. The van der Waals surface area contributed by atoms with Crippen LogP contribution >= 0.6 is 11.8 Å². The topological polar surface area (TPSA) is 70.8 Å². The zero-order valence-corrected chi connectivity index (χ0v) is 12.4. The molecule has 5 nitrogen and oxygen atoms in total. The summed E-state index contributed by atoms with van der Waals surface area (Å²) in [5.74, 6) is 3.16. The van der Waals surface area contributed by atoms with Crippen LogP contribution in [0.25, 0.3) is 0 Å². The predicted molar refractivity (Wildman–Crippen MR) is 79.4 cm³/mol. The van der Waals surface area contributed by atoms with Gasteiger partial charge >= 0.3 is 0 Å². The number of H-pyrrole nitrogens is 1. The Bertz CT molecular complexity index is 428. The Hall–Kier alpha value is -0.750. The van der Waals surface area contributed by atoms with Gasteiger partial charge in [-0.25, -0.2) is 0 Å². The van der Waals surface area contributed by atoms with Gasteiger partial charge in [-0.1, -0.05) is 6.92 Å². The Morgan fingerprint density at radius 2 is 2.42 bits per heavy atom. The number of rotatable bonds is 3. The SMILES string of the molecule is CC1(CN)CCCN(c2n[nH]c(C3CCCS3)n2)C1. The molecule has 2 aliphatic rings. The Morgan fingerprint density at radius 1 is 1.53 bits per heavy atom. The fourth-order valence-corrected chi connectivity index (χ4v) is 4.21. The number of hydrogen-bond acceptors (Lipinski definition) is 5. The highest BCUT2D eigenvalue weighted by Crippen LogP contribution is 2.38. The van der Waals surface area contributed by atoms with Crippen molar-refractivity contribution in [1.82, 2.24) is 15.2 Å². The molecule has 3 N–H and O–H groups in total. The molecule has 0 aromatic carbocycles. The van der Waals surface area contributed by atoms with Crippen LogP contribution in [0.2, 0.25) is 0 Å². The largest absolute Gasteiger partial charge is 0.339 e. The van der Waals surface area contributed by atoms with E-state index in [0.29, 0.717) is 5.25 Å². The van der Waals surface area contributed by atoms with E-state index in [1.165, 1.54) is 31.4 Å². The van der Waals surface area contributed by atoms with E-state index in [0.717, 1.165) is 31.4 Å². The first-order valence-corrected chi connectivity index (χ1v) is 8.24. The maximum atomic E-state index is 5.90. The summed E-state index contributed by atoms with van der Waals surface area (Å²) in [7, 11) is 0. The van der Waals surface area contributed by atoms with Crippen LogP contribution in [0, 0.1) is 5.41 Å². The van der Waals surface area contributed by atoms with Gasteiger partial charge in [-0.2, -0.15) is 16.7 Å². The van der Waals surface area contributed by atoms with Crippen molar-refractivity contribution < 1.29 is 0 Å². The molecule has 1 aromatic rings. The molecule has 0 bridgehead atoms. The highest BCUT2D eigenvalue weighted by atomic mass is 32.2. The molecule has 0 spiro atoms. The number of aromatic amines is 1. The van der Waals surface area contributed by atoms with Gasteiger partial charge in [0, 0.05) is 13.1 Å². The van der Waals surface area contributed by atoms with Gasteiger partial charge in [0.05, 0.1) is 5.25 Å². The standard InChI is InChI=1S/C13H23N5S/c1-13(8-14)5-3-6-18(9-13)12-15-11(16-17-12)10-4-2-7-19-10/h10H,2-9,14H2,1H3,(H,15,16,17). The average molecular weight is 281 g/mol. The molecule has 106 valence electrons. The summed E-state index contributed by atoms with van der Waals surface area (Å²) in [4.78, 5) is 7.00. The first kappa shape index (κ1) is 13.2. The van der Waals surface area contributed by atoms with Crippen molar-refractivity contribution in [1.29, 1.82) is 0 Å². The molecule has 1 aromatic heterocycles. The van der Waals surface area contributed by atoms with Crippen LogP contribution in [0.1, 0.15) is 43.7 Å². The number of hydrogen-bond donors (Lipinski definition) is 2. The van der Waals surface area contributed by atoms with Crippen molar-refractivity contribution in [3.63, 3.8) is 0 Å². The summed E-state index contributed by atoms with van der Waals surface area (Å²) in [6, 6.07) is 0. The van der Waals surface area contributed by atoms with Gasteiger partial charge < -0.3 is 10.6 Å². The molecule has 2 saturated heterocycles. The molecular weight excluding hydrogens is 258 g/mol. The Labute approximate surface area is 118 Å². The summed E-state index contributed by atoms with van der Waals surface area (Å²) in [6.07, 6.45) is 4.89. The lowest BCUT2D eigenvalue weighted by molar-refractivity contribution is 0.270. The van der Waals surface area contributed by atoms with Crippen molar-refractivity contribution in [2.75, 3.05) is 30.3 Å². The van der Waals surface area contributed by atoms with Crippen LogP contribution in [-0.4, -0.2) is 40.6 Å². The number of nitrogens with two attached hydrogens (primary N) is 1. The minimum Gasteiger partial charge on any atom is -0.339 e. The van der Waals surface area contributed by atoms with Gasteiger partial charge in [-0.3, -0.25) is 5.10 Å². The Balaban J connectivity index is 1.71. The fourth-order valence-electron chi connectivity index (χ4n) is 3.00. The predicted octanol–water partition coefficient (Wildman–Crippen LogP) is 1.94. The summed E-state index contributed by atoms with van der Waals surface area (Å²) in [6.45, 7) is 5.02. The minimum atomic E-state index is 0.209. The first-order chi connectivity index (χ1) is 9.20. The van der Waals surface area contributed by atoms with Gasteiger partial charge in [-0.15, -0.1) is 5.10 Å². The third-order valence-electron chi connectivity index (χ3n) is 4.28. The zero-order chi connectivity index (χ0) is 13.3. The second-order valence-corrected chi connectivity index (χ2v) is 7.37. The molecule has 2 aliphatic heterocycles. The summed E-state index contributed by atoms with van der Waals surface area (Å²) in [5, 5.41) is 8.08. The lowest BCUT2D eigenvalue weighted by Crippen LogP contribution is -2.46. The maximum absolute atomic E-state index is 5.90. The Kier molecular flexibility index (Phi) is 3.71. The van der Waals surface area contributed by atoms with E-state index in [-0.39, 0.29) is 5.41 Å². The highest BCUT2D eigenvalue weighted by molar-refractivity contribution is 7.99. The highest BCUT2D eigenvalue weighted by Gasteiger charge is 2.32. The number of thioether (sulfide) groups is 1. The molecule has 0 saturated carbocycles. The van der Waals surface area contributed by atoms with E-state index in [9.17, 15) is 0 Å². The van der Waals surface area contributed by atoms with E-state index in [2.05, 4.69) is 22.0 Å². The third kappa shape index (κ3) is 2.74. The van der Waals surface area contributed by atoms with Crippen LogP contribution in [0.4, 0.5) is 5.95 Å². The van der Waals surface area contributed by atoms with E-state index in [4.69, 9.17) is 10.7 Å². The average Bonchev–Trinajstić information content (AvgIpc) is 3.09. The maximum Gasteiger partial charge on any atom is 0.244 e. The van der Waals surface area contributed by atoms with E-state index in [1.54, 1.807) is 0 Å². The lowest BCUT2D eigenvalue weighted by atomic mass is 9.82. The van der Waals surface area contributed by atoms with Gasteiger partial charge in [0.1, 0.15) is 5.82 Å². The monoisotopic (exact) mass is 281 g/mol. The lowest BCUT2D eigenvalue weighted by Gasteiger charge is -2.39. The second kappa shape index (κ2) is 5.32. The van der Waals surface area contributed by atoms with Crippen LogP contribution in [-0.2, 0) is 0 Å². The molecule has 3 rings (SSSR count). The Morgan fingerprint density at radius 3 is 3.16 bits per heavy atom. The molecule has 3 heterocycles. The summed E-state index contributed by atoms with van der Waals surface area (Å²) >= 11 is 1.99. The van der Waals surface area contributed by atoms with Crippen LogP contribution in [0.5, 0.6) is 0 Å². The molecule has 2 atom stereocenters. The first-order valence-electron chi connectivity index (χ1n) is 7.19. The number of nitrogens with one attached hydrogen (secondary N) is 1. The number of aromatic nitrogens is 3. The van der Waals surface area contributed by atoms with Crippen molar-refractivity contribution in [2.45, 2.75) is 37.9 Å². The van der Waals surface area contributed by atoms with Gasteiger partial charge in [-0.05, 0) is 43.4 Å². The van der Waals surface area contributed by atoms with E-state index in [1.807, 2.05) is 11.8 Å². The normalized spacial score (nSPS) is 31.9. The van der Waals surface area contributed by atoms with Crippen molar-refractivity contribution in [3.8, 4) is 0 Å². The van der Waals surface area contributed by atoms with Gasteiger partial charge in [0.2, 0.25) is 5.95 Å². The zero-order valence-electron chi connectivity index (χ0n) is 11.6. The number of anilines is 1. The fraction of sp³-hybridized carbons (Fsp3) is 0.846. The summed E-state index contributed by atoms with van der Waals surface area (Å²) in [5.41, 5.74) is 6.11. The third-order valence-corrected chi connectivity index (χ3v) is 5.67. The van der Waals surface area contributed by atoms with Crippen molar-refractivity contribution in [3.05, 3.63) is 5.82 Å². The van der Waals surface area contributed by atoms with Gasteiger partial charge in [0.15, 0.2) is 0 Å². The molecule has 0 radical (unpaired) electrons. The molecule has 2 unspecified atom stereocenters.